The number of thiazole rings is 2. The SMILES string of the molecule is Cc1nc(C[C@H]2[C@@H](CO)OC(C)(C)N2C(=O)OC(C)(C)C)cs1.Cc1nc(C[C@H]2[C@@H](CO[Si](C)(C)C(C)(C)C)OC(C)(C)N2C(=O)OC(C)(C)C)cs1. The van der Waals surface area contributed by atoms with Gasteiger partial charge in [0.05, 0.1) is 46.7 Å². The van der Waals surface area contributed by atoms with Crippen LogP contribution < -0.4 is 0 Å². The maximum absolute atomic E-state index is 13.2. The molecule has 2 amide bonds. The van der Waals surface area contributed by atoms with Crippen LogP contribution in [0.1, 0.15) is 111 Å². The third-order valence-electron chi connectivity index (χ3n) is 9.51. The van der Waals surface area contributed by atoms with E-state index in [2.05, 4.69) is 49.2 Å². The van der Waals surface area contributed by atoms with Crippen molar-refractivity contribution in [2.45, 2.75) is 182 Å². The molecule has 0 aliphatic carbocycles. The smallest absolute Gasteiger partial charge is 0.412 e. The zero-order valence-corrected chi connectivity index (χ0v) is 37.8. The fourth-order valence-corrected chi connectivity index (χ4v) is 8.43. The van der Waals surface area contributed by atoms with Crippen LogP contribution in [0.15, 0.2) is 10.8 Å². The van der Waals surface area contributed by atoms with Crippen LogP contribution in [0.3, 0.4) is 0 Å². The van der Waals surface area contributed by atoms with Gasteiger partial charge in [-0.15, -0.1) is 22.7 Å². The lowest BCUT2D eigenvalue weighted by Crippen LogP contribution is -2.51. The van der Waals surface area contributed by atoms with Gasteiger partial charge in [-0.3, -0.25) is 9.80 Å². The Hall–Kier alpha value is -2.14. The van der Waals surface area contributed by atoms with Gasteiger partial charge in [-0.2, -0.15) is 0 Å². The molecule has 15 heteroatoms. The number of ether oxygens (including phenoxy) is 4. The first-order valence-electron chi connectivity index (χ1n) is 18.4. The second-order valence-corrected chi connectivity index (χ2v) is 25.4. The van der Waals surface area contributed by atoms with Crippen LogP contribution in [0, 0.1) is 13.8 Å². The lowest BCUT2D eigenvalue weighted by Gasteiger charge is -2.37. The summed E-state index contributed by atoms with van der Waals surface area (Å²) in [6, 6.07) is -0.521. The van der Waals surface area contributed by atoms with Gasteiger partial charge in [-0.05, 0) is 101 Å². The molecule has 4 atom stereocenters. The largest absolute Gasteiger partial charge is 0.444 e. The molecule has 0 aromatic carbocycles. The average molecular weight is 799 g/mol. The van der Waals surface area contributed by atoms with Crippen molar-refractivity contribution in [2.24, 2.45) is 0 Å². The number of aromatic nitrogens is 2. The van der Waals surface area contributed by atoms with Crippen LogP contribution in [0.25, 0.3) is 0 Å². The number of aliphatic hydroxyl groups is 1. The van der Waals surface area contributed by atoms with Crippen molar-refractivity contribution in [2.75, 3.05) is 13.2 Å². The van der Waals surface area contributed by atoms with Crippen LogP contribution in [0.4, 0.5) is 9.59 Å². The molecular formula is C38H66N4O8S2Si. The van der Waals surface area contributed by atoms with E-state index in [4.69, 9.17) is 23.4 Å². The normalized spacial score (nSPS) is 23.1. The molecule has 2 fully saturated rings. The zero-order valence-electron chi connectivity index (χ0n) is 35.2. The Balaban J connectivity index is 0.000000295. The van der Waals surface area contributed by atoms with E-state index in [1.165, 1.54) is 0 Å². The minimum atomic E-state index is -1.95. The highest BCUT2D eigenvalue weighted by molar-refractivity contribution is 7.09. The lowest BCUT2D eigenvalue weighted by molar-refractivity contribution is -0.0870. The van der Waals surface area contributed by atoms with Crippen LogP contribution in [-0.2, 0) is 36.2 Å². The van der Waals surface area contributed by atoms with E-state index in [1.54, 1.807) is 32.5 Å². The zero-order chi connectivity index (χ0) is 40.5. The Morgan fingerprint density at radius 3 is 1.47 bits per heavy atom. The minimum Gasteiger partial charge on any atom is -0.444 e. The van der Waals surface area contributed by atoms with E-state index in [0.29, 0.717) is 19.4 Å². The maximum atomic E-state index is 13.2. The number of hydrogen-bond acceptors (Lipinski definition) is 12. The van der Waals surface area contributed by atoms with E-state index >= 15 is 0 Å². The van der Waals surface area contributed by atoms with Crippen LogP contribution >= 0.6 is 22.7 Å². The molecule has 0 radical (unpaired) electrons. The van der Waals surface area contributed by atoms with E-state index in [9.17, 15) is 14.7 Å². The van der Waals surface area contributed by atoms with Crippen molar-refractivity contribution in [1.29, 1.82) is 0 Å². The van der Waals surface area contributed by atoms with Gasteiger partial charge in [0.1, 0.15) is 34.9 Å². The fourth-order valence-electron chi connectivity index (χ4n) is 6.16. The molecule has 4 rings (SSSR count). The van der Waals surface area contributed by atoms with Crippen molar-refractivity contribution < 1.29 is 38.1 Å². The van der Waals surface area contributed by atoms with Crippen LogP contribution in [0.5, 0.6) is 0 Å². The van der Waals surface area contributed by atoms with Crippen molar-refractivity contribution in [3.63, 3.8) is 0 Å². The predicted molar refractivity (Wildman–Crippen MR) is 213 cm³/mol. The first-order chi connectivity index (χ1) is 24.0. The number of carbonyl (C=O) groups excluding carboxylic acids is 2. The highest BCUT2D eigenvalue weighted by Crippen LogP contribution is 2.40. The minimum absolute atomic E-state index is 0.105. The highest BCUT2D eigenvalue weighted by atomic mass is 32.1. The Labute approximate surface area is 327 Å². The Bertz CT molecular complexity index is 1540. The summed E-state index contributed by atoms with van der Waals surface area (Å²) >= 11 is 3.19. The van der Waals surface area contributed by atoms with E-state index in [-0.39, 0.29) is 35.9 Å². The fraction of sp³-hybridized carbons (Fsp3) is 0.789. The molecule has 53 heavy (non-hydrogen) atoms. The molecule has 2 saturated heterocycles. The molecule has 2 aliphatic heterocycles. The first kappa shape index (κ1) is 45.2. The molecule has 2 aromatic rings. The van der Waals surface area contributed by atoms with Gasteiger partial charge in [0.25, 0.3) is 0 Å². The summed E-state index contributed by atoms with van der Waals surface area (Å²) in [7, 11) is -1.95. The summed E-state index contributed by atoms with van der Waals surface area (Å²) in [6.45, 7) is 34.0. The number of hydrogen-bond donors (Lipinski definition) is 1. The number of aryl methyl sites for hydroxylation is 2. The third-order valence-corrected chi connectivity index (χ3v) is 15.7. The molecule has 302 valence electrons. The van der Waals surface area contributed by atoms with Gasteiger partial charge in [0.15, 0.2) is 8.32 Å². The summed E-state index contributed by atoms with van der Waals surface area (Å²) in [4.78, 5) is 38.3. The molecule has 2 aliphatic rings. The van der Waals surface area contributed by atoms with Gasteiger partial charge in [0.2, 0.25) is 0 Å². The molecule has 0 spiro atoms. The van der Waals surface area contributed by atoms with Gasteiger partial charge < -0.3 is 28.5 Å². The quantitative estimate of drug-likeness (QED) is 0.259. The van der Waals surface area contributed by atoms with Gasteiger partial charge in [-0.1, -0.05) is 20.8 Å². The molecule has 1 N–H and O–H groups in total. The Morgan fingerprint density at radius 1 is 0.774 bits per heavy atom. The Morgan fingerprint density at radius 2 is 1.15 bits per heavy atom. The summed E-state index contributed by atoms with van der Waals surface area (Å²) < 4.78 is 30.0. The molecule has 0 saturated carbocycles. The van der Waals surface area contributed by atoms with Gasteiger partial charge in [-0.25, -0.2) is 19.6 Å². The van der Waals surface area contributed by atoms with E-state index in [0.717, 1.165) is 21.4 Å². The molecule has 0 bridgehead atoms. The standard InChI is InChI=1S/C22H40N2O4SSi.C16H26N2O4S/c1-15-23-16(14-29-15)12-17-18(13-26-30(10,11)21(5,6)7)27-22(8,9)24(17)19(25)28-20(2,3)4;1-10-17-11(9-23-10)7-12-13(8-19)21-16(5,6)18(12)14(20)22-15(2,3)4/h14,17-18H,12-13H2,1-11H3;9,12-13,19H,7-8H2,1-6H3/t17-,18+;12-,13+/m00/s1. The van der Waals surface area contributed by atoms with Gasteiger partial charge >= 0.3 is 12.2 Å². The number of rotatable bonds is 8. The number of carbonyl (C=O) groups is 2. The molecular weight excluding hydrogens is 733 g/mol. The highest BCUT2D eigenvalue weighted by Gasteiger charge is 2.53. The van der Waals surface area contributed by atoms with E-state index < -0.39 is 43.2 Å². The average Bonchev–Trinajstić information content (AvgIpc) is 3.69. The van der Waals surface area contributed by atoms with Crippen LogP contribution in [-0.4, -0.2) is 106 Å². The molecule has 2 aromatic heterocycles. The molecule has 12 nitrogen and oxygen atoms in total. The predicted octanol–water partition coefficient (Wildman–Crippen LogP) is 8.48. The summed E-state index contributed by atoms with van der Waals surface area (Å²) in [6.07, 6.45) is -0.366. The number of aliphatic hydroxyl groups excluding tert-OH is 1. The second-order valence-electron chi connectivity index (χ2n) is 18.4. The van der Waals surface area contributed by atoms with E-state index in [1.807, 2.05) is 88.5 Å². The topological polar surface area (TPSA) is 133 Å². The van der Waals surface area contributed by atoms with Crippen LogP contribution in [0.2, 0.25) is 18.1 Å². The van der Waals surface area contributed by atoms with Crippen molar-refractivity contribution in [3.05, 3.63) is 32.2 Å². The summed E-state index contributed by atoms with van der Waals surface area (Å²) in [5.74, 6) is 0. The van der Waals surface area contributed by atoms with Crippen molar-refractivity contribution in [1.82, 2.24) is 19.8 Å². The van der Waals surface area contributed by atoms with Crippen molar-refractivity contribution >= 4 is 43.2 Å². The summed E-state index contributed by atoms with van der Waals surface area (Å²) in [5.41, 5.74) is -0.942. The van der Waals surface area contributed by atoms with Crippen molar-refractivity contribution in [3.8, 4) is 0 Å². The summed E-state index contributed by atoms with van der Waals surface area (Å²) in [5, 5.41) is 15.8. The number of nitrogens with zero attached hydrogens (tertiary/aromatic N) is 4. The second kappa shape index (κ2) is 16.5. The number of amides is 2. The first-order valence-corrected chi connectivity index (χ1v) is 23.1. The Kier molecular flexibility index (Phi) is 14.1. The third kappa shape index (κ3) is 12.2. The maximum Gasteiger partial charge on any atom is 0.412 e. The lowest BCUT2D eigenvalue weighted by atomic mass is 10.1. The monoisotopic (exact) mass is 798 g/mol. The van der Waals surface area contributed by atoms with Gasteiger partial charge in [0, 0.05) is 23.6 Å². The molecule has 0 unspecified atom stereocenters. The molecule has 4 heterocycles.